The van der Waals surface area contributed by atoms with Gasteiger partial charge in [0.2, 0.25) is 11.8 Å². The molecular weight excluding hydrogens is 949 g/mol. The van der Waals surface area contributed by atoms with Gasteiger partial charge in [-0.25, -0.2) is 0 Å². The summed E-state index contributed by atoms with van der Waals surface area (Å²) in [6, 6.07) is 51.8. The molecule has 392 valence electrons. The summed E-state index contributed by atoms with van der Waals surface area (Å²) in [6.07, 6.45) is 9.22. The van der Waals surface area contributed by atoms with Gasteiger partial charge in [0.15, 0.2) is 0 Å². The van der Waals surface area contributed by atoms with E-state index in [1.807, 2.05) is 97.1 Å². The fraction of sp³-hybridized carbons (Fsp3) is 0.375. The van der Waals surface area contributed by atoms with E-state index in [2.05, 4.69) is 91.7 Å². The molecule has 4 fully saturated rings. The Labute approximate surface area is 446 Å². The van der Waals surface area contributed by atoms with Crippen LogP contribution in [0.2, 0.25) is 0 Å². The van der Waals surface area contributed by atoms with Crippen molar-refractivity contribution >= 4 is 35.0 Å². The highest BCUT2D eigenvalue weighted by Crippen LogP contribution is 2.54. The van der Waals surface area contributed by atoms with Gasteiger partial charge in [-0.15, -0.1) is 0 Å². The fourth-order valence-electron chi connectivity index (χ4n) is 13.6. The number of hydrogen-bond acceptors (Lipinski definition) is 8. The molecule has 6 aliphatic rings. The largest absolute Gasteiger partial charge is 0.497 e. The minimum atomic E-state index is -0.207. The number of carbonyl (C=O) groups is 4. The molecule has 2 saturated heterocycles. The summed E-state index contributed by atoms with van der Waals surface area (Å²) < 4.78 is 11.1. The lowest BCUT2D eigenvalue weighted by Gasteiger charge is -2.42. The maximum Gasteiger partial charge on any atom is 0.251 e. The van der Waals surface area contributed by atoms with E-state index < -0.39 is 0 Å². The van der Waals surface area contributed by atoms with Gasteiger partial charge < -0.3 is 40.5 Å². The van der Waals surface area contributed by atoms with Gasteiger partial charge in [-0.1, -0.05) is 135 Å². The Morgan fingerprint density at radius 1 is 0.461 bits per heavy atom. The molecule has 12 heteroatoms. The lowest BCUT2D eigenvalue weighted by atomic mass is 9.79. The van der Waals surface area contributed by atoms with Gasteiger partial charge in [0, 0.05) is 71.6 Å². The third-order valence-corrected chi connectivity index (χ3v) is 17.3. The fourth-order valence-corrected chi connectivity index (χ4v) is 13.6. The third kappa shape index (κ3) is 10.3. The van der Waals surface area contributed by atoms with Crippen LogP contribution >= 0.6 is 0 Å². The summed E-state index contributed by atoms with van der Waals surface area (Å²) in [6.45, 7) is 1.45. The zero-order chi connectivity index (χ0) is 52.1. The van der Waals surface area contributed by atoms with Crippen molar-refractivity contribution in [3.05, 3.63) is 191 Å². The number of ether oxygens (including phenoxy) is 2. The van der Waals surface area contributed by atoms with Crippen LogP contribution in [0.5, 0.6) is 11.5 Å². The molecule has 0 aromatic heterocycles. The van der Waals surface area contributed by atoms with E-state index in [9.17, 15) is 19.2 Å². The predicted molar refractivity (Wildman–Crippen MR) is 296 cm³/mol. The van der Waals surface area contributed by atoms with Crippen LogP contribution in [-0.4, -0.2) is 72.8 Å². The zero-order valence-corrected chi connectivity index (χ0v) is 43.6. The monoisotopic (exact) mass is 1020 g/mol. The lowest BCUT2D eigenvalue weighted by molar-refractivity contribution is -0.139. The highest BCUT2D eigenvalue weighted by molar-refractivity contribution is 5.95. The first-order valence-electron chi connectivity index (χ1n) is 27.6. The van der Waals surface area contributed by atoms with Crippen LogP contribution in [0.4, 0.5) is 11.4 Å². The molecule has 2 saturated carbocycles. The molecule has 0 radical (unpaired) electrons. The molecule has 2 aliphatic carbocycles. The van der Waals surface area contributed by atoms with E-state index in [0.717, 1.165) is 111 Å². The first kappa shape index (κ1) is 50.6. The second-order valence-corrected chi connectivity index (χ2v) is 21.5. The third-order valence-electron chi connectivity index (χ3n) is 17.3. The molecule has 4 N–H and O–H groups in total. The lowest BCUT2D eigenvalue weighted by Crippen LogP contribution is -2.50. The summed E-state index contributed by atoms with van der Waals surface area (Å²) >= 11 is 0. The van der Waals surface area contributed by atoms with Crippen LogP contribution in [0, 0.1) is 23.7 Å². The van der Waals surface area contributed by atoms with E-state index in [4.69, 9.17) is 9.47 Å². The Morgan fingerprint density at radius 3 is 1.21 bits per heavy atom. The molecule has 4 amide bonds. The molecule has 6 aromatic carbocycles. The standard InChI is InChI=1S/2C32H35N3O3/c2*1-38-23-16-17-24-28(20-23)33-29(21-10-4-2-5-11-21)26-18-19-35(30(24)26)32(37)25-14-8-9-15-27(25)34-31(36)22-12-6-3-7-13-22/h2*2-7,10-13,16-17,20,25-27,29-30,33H,8-9,14-15,18-19H2,1H3,(H,34,36)/t25-,26+,27+,29-,30-;25-,26-,27+,29+,30+/m00/s1. The first-order valence-corrected chi connectivity index (χ1v) is 27.6. The number of nitrogens with zero attached hydrogens (tertiary/aromatic N) is 2. The van der Waals surface area contributed by atoms with Crippen LogP contribution < -0.4 is 30.7 Å². The van der Waals surface area contributed by atoms with Gasteiger partial charge >= 0.3 is 0 Å². The van der Waals surface area contributed by atoms with E-state index in [-0.39, 0.29) is 83.6 Å². The Morgan fingerprint density at radius 2 is 0.829 bits per heavy atom. The number of fused-ring (bicyclic) bond motifs is 6. The van der Waals surface area contributed by atoms with E-state index in [1.54, 1.807) is 14.2 Å². The predicted octanol–water partition coefficient (Wildman–Crippen LogP) is 11.5. The number of nitrogens with one attached hydrogen (secondary N) is 4. The smallest absolute Gasteiger partial charge is 0.251 e. The van der Waals surface area contributed by atoms with E-state index >= 15 is 0 Å². The van der Waals surface area contributed by atoms with Gasteiger partial charge in [0.1, 0.15) is 11.5 Å². The molecule has 12 rings (SSSR count). The highest BCUT2D eigenvalue weighted by atomic mass is 16.5. The van der Waals surface area contributed by atoms with Crippen LogP contribution in [0.1, 0.15) is 131 Å². The van der Waals surface area contributed by atoms with Crippen molar-refractivity contribution < 1.29 is 28.7 Å². The number of amides is 4. The van der Waals surface area contributed by atoms with E-state index in [0.29, 0.717) is 11.1 Å². The van der Waals surface area contributed by atoms with Crippen molar-refractivity contribution in [3.63, 3.8) is 0 Å². The molecule has 4 heterocycles. The second kappa shape index (κ2) is 22.7. The van der Waals surface area contributed by atoms with Crippen molar-refractivity contribution in [2.24, 2.45) is 23.7 Å². The molecule has 0 bridgehead atoms. The maximum absolute atomic E-state index is 14.3. The number of methoxy groups -OCH3 is 2. The minimum absolute atomic E-state index is 0.0118. The summed E-state index contributed by atoms with van der Waals surface area (Å²) in [5.41, 5.74) is 8.08. The average molecular weight is 1020 g/mol. The van der Waals surface area contributed by atoms with Gasteiger partial charge in [-0.2, -0.15) is 0 Å². The normalized spacial score (nSPS) is 26.0. The van der Waals surface area contributed by atoms with Gasteiger partial charge in [-0.3, -0.25) is 19.2 Å². The van der Waals surface area contributed by atoms with Gasteiger partial charge in [0.05, 0.1) is 50.2 Å². The number of anilines is 2. The summed E-state index contributed by atoms with van der Waals surface area (Å²) in [5.74, 6) is 1.87. The number of hydrogen-bond donors (Lipinski definition) is 4. The Kier molecular flexibility index (Phi) is 15.1. The minimum Gasteiger partial charge on any atom is -0.497 e. The molecule has 6 aromatic rings. The second-order valence-electron chi connectivity index (χ2n) is 21.5. The SMILES string of the molecule is COc1ccc2c(c1)N[C@@H](c1ccccc1)[C@H]1CCN(C(=O)[C@H]3CCCC[C@H]3NC(=O)c3ccccc3)[C@@H]21.COc1ccc2c(c1)N[C@H](c1ccccc1)[C@@H]1CCN(C(=O)[C@H]3CCCC[C@H]3NC(=O)c3ccccc3)[C@H]21. The maximum atomic E-state index is 14.3. The molecular formula is C64H70N6O6. The van der Waals surface area contributed by atoms with Crippen LogP contribution in [-0.2, 0) is 9.59 Å². The summed E-state index contributed by atoms with van der Waals surface area (Å²) in [4.78, 5) is 58.8. The van der Waals surface area contributed by atoms with Crippen molar-refractivity contribution in [3.8, 4) is 11.5 Å². The van der Waals surface area contributed by atoms with Crippen molar-refractivity contribution in [1.82, 2.24) is 20.4 Å². The number of likely N-dealkylation sites (tertiary alicyclic amines) is 2. The van der Waals surface area contributed by atoms with Crippen molar-refractivity contribution in [1.29, 1.82) is 0 Å². The van der Waals surface area contributed by atoms with E-state index in [1.165, 1.54) is 11.1 Å². The number of carbonyl (C=O) groups excluding carboxylic acids is 4. The topological polar surface area (TPSA) is 141 Å². The molecule has 4 aliphatic heterocycles. The average Bonchev–Trinajstić information content (AvgIpc) is 4.24. The number of rotatable bonds is 10. The first-order chi connectivity index (χ1) is 37.3. The zero-order valence-electron chi connectivity index (χ0n) is 43.6. The van der Waals surface area contributed by atoms with Gasteiger partial charge in [0.25, 0.3) is 11.8 Å². The summed E-state index contributed by atoms with van der Waals surface area (Å²) in [5, 5.41) is 14.0. The molecule has 0 unspecified atom stereocenters. The highest BCUT2D eigenvalue weighted by Gasteiger charge is 2.50. The van der Waals surface area contributed by atoms with Crippen LogP contribution in [0.15, 0.2) is 158 Å². The van der Waals surface area contributed by atoms with Crippen molar-refractivity contribution in [2.75, 3.05) is 37.9 Å². The van der Waals surface area contributed by atoms with Crippen molar-refractivity contribution in [2.45, 2.75) is 100 Å². The quantitative estimate of drug-likeness (QED) is 0.106. The molecule has 12 nitrogen and oxygen atoms in total. The molecule has 0 spiro atoms. The Balaban J connectivity index is 0.000000162. The summed E-state index contributed by atoms with van der Waals surface area (Å²) in [7, 11) is 3.36. The molecule has 76 heavy (non-hydrogen) atoms. The Bertz CT molecular complexity index is 2790. The number of benzene rings is 6. The molecule has 10 atom stereocenters. The van der Waals surface area contributed by atoms with Gasteiger partial charge in [-0.05, 0) is 97.2 Å². The van der Waals surface area contributed by atoms with Crippen LogP contribution in [0.25, 0.3) is 0 Å². The Hall–Kier alpha value is -7.60. The van der Waals surface area contributed by atoms with Crippen LogP contribution in [0.3, 0.4) is 0 Å².